The number of carbonyl (C=O) groups is 4. The highest BCUT2D eigenvalue weighted by atomic mass is 35.5. The molecule has 3 atom stereocenters. The lowest BCUT2D eigenvalue weighted by molar-refractivity contribution is -0.384. The average Bonchev–Trinajstić information content (AvgIpc) is 3.09. The minimum atomic E-state index is -0.792. The number of amides is 3. The Hall–Kier alpha value is -3.56. The van der Waals surface area contributed by atoms with E-state index >= 15 is 0 Å². The molecule has 0 unspecified atom stereocenters. The summed E-state index contributed by atoms with van der Waals surface area (Å²) in [6.07, 6.45) is 4.03. The van der Waals surface area contributed by atoms with Gasteiger partial charge in [-0.1, -0.05) is 42.3 Å². The van der Waals surface area contributed by atoms with Gasteiger partial charge in [0.05, 0.1) is 26.8 Å². The molecule has 1 heterocycles. The maximum absolute atomic E-state index is 13.5. The molecule has 0 saturated carbocycles. The second-order valence-electron chi connectivity index (χ2n) is 8.36. The lowest BCUT2D eigenvalue weighted by Crippen LogP contribution is -2.52. The van der Waals surface area contributed by atoms with Crippen LogP contribution in [0.15, 0.2) is 54.6 Å². The third-order valence-corrected chi connectivity index (χ3v) is 6.92. The average molecular weight is 516 g/mol. The van der Waals surface area contributed by atoms with Crippen molar-refractivity contribution in [3.05, 3.63) is 85.9 Å². The minimum absolute atomic E-state index is 0.0255. The molecule has 0 bridgehead atoms. The first-order valence-electron chi connectivity index (χ1n) is 10.7. The smallest absolute Gasteiger partial charge is 0.273 e. The molecule has 2 aromatic carbocycles. The van der Waals surface area contributed by atoms with E-state index in [-0.39, 0.29) is 32.8 Å². The van der Waals surface area contributed by atoms with Crippen molar-refractivity contribution in [1.29, 1.82) is 0 Å². The standard InChI is InChI=1S/C24H19Cl2N3O6/c1-13-3-2-4-17-21(13)24(33)28(23(17)32)27(22(31)15-7-10-18(25)19(26)11-15)12-20(30)14-5-8-16(9-6-14)29(34)35/h2-3,5-11,13,17,21H,4,12H2,1H3/t13-,17-,21+/m1/s1. The number of allylic oxidation sites excluding steroid dienone is 2. The van der Waals surface area contributed by atoms with Crippen molar-refractivity contribution in [2.75, 3.05) is 6.54 Å². The van der Waals surface area contributed by atoms with Gasteiger partial charge in [0.1, 0.15) is 6.54 Å². The van der Waals surface area contributed by atoms with Gasteiger partial charge in [-0.25, -0.2) is 5.01 Å². The zero-order valence-corrected chi connectivity index (χ0v) is 19.9. The van der Waals surface area contributed by atoms with E-state index < -0.39 is 46.8 Å². The van der Waals surface area contributed by atoms with Gasteiger partial charge in [0.2, 0.25) is 0 Å². The van der Waals surface area contributed by atoms with E-state index in [0.717, 1.165) is 22.2 Å². The molecule has 2 aromatic rings. The first-order chi connectivity index (χ1) is 16.6. The molecule has 3 amide bonds. The molecule has 0 aromatic heterocycles. The van der Waals surface area contributed by atoms with Gasteiger partial charge >= 0.3 is 0 Å². The van der Waals surface area contributed by atoms with Crippen molar-refractivity contribution in [3.8, 4) is 0 Å². The molecule has 11 heteroatoms. The lowest BCUT2D eigenvalue weighted by atomic mass is 9.78. The minimum Gasteiger partial charge on any atom is -0.292 e. The summed E-state index contributed by atoms with van der Waals surface area (Å²) in [7, 11) is 0. The molecule has 1 fully saturated rings. The summed E-state index contributed by atoms with van der Waals surface area (Å²) in [6, 6.07) is 8.88. The molecule has 0 radical (unpaired) electrons. The van der Waals surface area contributed by atoms with Crippen LogP contribution in [0, 0.1) is 27.9 Å². The number of nitrogens with zero attached hydrogens (tertiary/aromatic N) is 3. The van der Waals surface area contributed by atoms with Gasteiger partial charge < -0.3 is 0 Å². The van der Waals surface area contributed by atoms with E-state index in [0.29, 0.717) is 6.42 Å². The Kier molecular flexibility index (Phi) is 6.73. The molecule has 35 heavy (non-hydrogen) atoms. The van der Waals surface area contributed by atoms with Gasteiger partial charge in [0.25, 0.3) is 23.4 Å². The van der Waals surface area contributed by atoms with Gasteiger partial charge in [-0.05, 0) is 42.7 Å². The lowest BCUT2D eigenvalue weighted by Gasteiger charge is -2.30. The van der Waals surface area contributed by atoms with Crippen LogP contribution in [-0.4, -0.2) is 45.0 Å². The number of hydrazine groups is 1. The third kappa shape index (κ3) is 4.56. The monoisotopic (exact) mass is 515 g/mol. The van der Waals surface area contributed by atoms with Gasteiger partial charge in [-0.15, -0.1) is 0 Å². The van der Waals surface area contributed by atoms with Crippen molar-refractivity contribution >= 4 is 52.4 Å². The number of ketones is 1. The Morgan fingerprint density at radius 2 is 1.71 bits per heavy atom. The van der Waals surface area contributed by atoms with Crippen LogP contribution < -0.4 is 0 Å². The van der Waals surface area contributed by atoms with E-state index in [1.54, 1.807) is 0 Å². The number of nitro groups is 1. The fraction of sp³-hybridized carbons (Fsp3) is 0.250. The Bertz CT molecular complexity index is 1280. The van der Waals surface area contributed by atoms with E-state index in [9.17, 15) is 29.3 Å². The van der Waals surface area contributed by atoms with E-state index in [2.05, 4.69) is 0 Å². The van der Waals surface area contributed by atoms with Crippen molar-refractivity contribution in [3.63, 3.8) is 0 Å². The molecular weight excluding hydrogens is 497 g/mol. The maximum atomic E-state index is 13.5. The summed E-state index contributed by atoms with van der Waals surface area (Å²) in [5.74, 6) is -4.05. The highest BCUT2D eigenvalue weighted by molar-refractivity contribution is 6.42. The third-order valence-electron chi connectivity index (χ3n) is 6.19. The van der Waals surface area contributed by atoms with Crippen molar-refractivity contribution < 1.29 is 24.1 Å². The quantitative estimate of drug-likeness (QED) is 0.185. The Morgan fingerprint density at radius 1 is 1.06 bits per heavy atom. The number of nitro benzene ring substituents is 1. The molecule has 1 saturated heterocycles. The summed E-state index contributed by atoms with van der Waals surface area (Å²) in [6.45, 7) is 1.17. The Balaban J connectivity index is 1.71. The second-order valence-corrected chi connectivity index (χ2v) is 9.18. The number of hydrogen-bond donors (Lipinski definition) is 0. The number of fused-ring (bicyclic) bond motifs is 1. The molecule has 2 aliphatic rings. The van der Waals surface area contributed by atoms with Gasteiger partial charge in [-0.3, -0.25) is 29.3 Å². The van der Waals surface area contributed by atoms with Crippen LogP contribution in [0.3, 0.4) is 0 Å². The summed E-state index contributed by atoms with van der Waals surface area (Å²) in [5, 5.41) is 12.8. The second kappa shape index (κ2) is 9.59. The number of halogens is 2. The number of imide groups is 1. The van der Waals surface area contributed by atoms with Crippen LogP contribution in [0.2, 0.25) is 10.0 Å². The van der Waals surface area contributed by atoms with Crippen LogP contribution in [-0.2, 0) is 9.59 Å². The first-order valence-corrected chi connectivity index (χ1v) is 11.4. The zero-order valence-electron chi connectivity index (χ0n) is 18.4. The van der Waals surface area contributed by atoms with Crippen molar-refractivity contribution in [1.82, 2.24) is 10.0 Å². The van der Waals surface area contributed by atoms with Gasteiger partial charge in [-0.2, -0.15) is 5.01 Å². The summed E-state index contributed by atoms with van der Waals surface area (Å²) < 4.78 is 0. The summed E-state index contributed by atoms with van der Waals surface area (Å²) >= 11 is 12.0. The van der Waals surface area contributed by atoms with Crippen LogP contribution in [0.1, 0.15) is 34.1 Å². The highest BCUT2D eigenvalue weighted by Crippen LogP contribution is 2.39. The zero-order chi connectivity index (χ0) is 25.4. The van der Waals surface area contributed by atoms with E-state index in [1.165, 1.54) is 30.3 Å². The van der Waals surface area contributed by atoms with Crippen molar-refractivity contribution in [2.24, 2.45) is 17.8 Å². The topological polar surface area (TPSA) is 118 Å². The first kappa shape index (κ1) is 24.6. The fourth-order valence-electron chi connectivity index (χ4n) is 4.38. The largest absolute Gasteiger partial charge is 0.292 e. The van der Waals surface area contributed by atoms with E-state index in [1.807, 2.05) is 19.1 Å². The summed E-state index contributed by atoms with van der Waals surface area (Å²) in [4.78, 5) is 63.5. The number of benzene rings is 2. The molecule has 0 N–H and O–H groups in total. The van der Waals surface area contributed by atoms with Gasteiger partial charge in [0, 0.05) is 23.3 Å². The number of rotatable bonds is 6. The number of carbonyl (C=O) groups excluding carboxylic acids is 4. The summed E-state index contributed by atoms with van der Waals surface area (Å²) in [5.41, 5.74) is -0.104. The molecular formula is C24H19Cl2N3O6. The Labute approximate surface area is 210 Å². The van der Waals surface area contributed by atoms with Crippen molar-refractivity contribution in [2.45, 2.75) is 13.3 Å². The molecule has 180 valence electrons. The Morgan fingerprint density at radius 3 is 2.31 bits per heavy atom. The maximum Gasteiger partial charge on any atom is 0.273 e. The SMILES string of the molecule is C[C@@H]1C=CC[C@H]2C(=O)N(N(CC(=O)c3ccc([N+](=O)[O-])cc3)C(=O)c3ccc(Cl)c(Cl)c3)C(=O)[C@@H]12. The predicted molar refractivity (Wildman–Crippen MR) is 127 cm³/mol. The van der Waals surface area contributed by atoms with Crippen LogP contribution >= 0.6 is 23.2 Å². The highest BCUT2D eigenvalue weighted by Gasteiger charge is 2.53. The predicted octanol–water partition coefficient (Wildman–Crippen LogP) is 4.34. The van der Waals surface area contributed by atoms with Crippen LogP contribution in [0.5, 0.6) is 0 Å². The molecule has 9 nitrogen and oxygen atoms in total. The van der Waals surface area contributed by atoms with Gasteiger partial charge in [0.15, 0.2) is 5.78 Å². The van der Waals surface area contributed by atoms with Crippen LogP contribution in [0.25, 0.3) is 0 Å². The molecule has 1 aliphatic heterocycles. The number of hydrogen-bond acceptors (Lipinski definition) is 6. The number of Topliss-reactive ketones (excluding diaryl/α,β-unsaturated/α-hetero) is 1. The molecule has 4 rings (SSSR count). The van der Waals surface area contributed by atoms with Crippen LogP contribution in [0.4, 0.5) is 5.69 Å². The van der Waals surface area contributed by atoms with E-state index in [4.69, 9.17) is 23.2 Å². The normalized spacial score (nSPS) is 21.1. The molecule has 1 aliphatic carbocycles. The fourth-order valence-corrected chi connectivity index (χ4v) is 4.67. The molecule has 0 spiro atoms. The number of non-ortho nitro benzene ring substituents is 1.